The third-order valence-corrected chi connectivity index (χ3v) is 3.82. The fraction of sp³-hybridized carbons (Fsp3) is 0.294. The summed E-state index contributed by atoms with van der Waals surface area (Å²) in [6.45, 7) is 2.78. The molecule has 1 aromatic carbocycles. The Bertz CT molecular complexity index is 725. The van der Waals surface area contributed by atoms with Crippen molar-refractivity contribution in [2.75, 3.05) is 49.8 Å². The first-order valence-electron chi connectivity index (χ1n) is 7.75. The topological polar surface area (TPSA) is 99.5 Å². The zero-order valence-electron chi connectivity index (χ0n) is 13.6. The molecule has 3 rings (SSSR count). The summed E-state index contributed by atoms with van der Waals surface area (Å²) in [6.07, 6.45) is 3.75. The molecule has 1 fully saturated rings. The molecule has 126 valence electrons. The van der Waals surface area contributed by atoms with Gasteiger partial charge in [-0.3, -0.25) is 0 Å². The second-order valence-corrected chi connectivity index (χ2v) is 5.41. The van der Waals surface area contributed by atoms with E-state index in [1.54, 1.807) is 7.11 Å². The quantitative estimate of drug-likeness (QED) is 0.881. The van der Waals surface area contributed by atoms with Crippen molar-refractivity contribution in [3.8, 4) is 5.75 Å². The molecule has 1 aliphatic heterocycles. The van der Waals surface area contributed by atoms with Crippen LogP contribution in [0.4, 0.5) is 17.3 Å². The minimum absolute atomic E-state index is 0.292. The van der Waals surface area contributed by atoms with Crippen LogP contribution in [0.3, 0.4) is 0 Å². The minimum Gasteiger partial charge on any atom is -0.497 e. The van der Waals surface area contributed by atoms with E-state index in [0.717, 1.165) is 24.4 Å². The van der Waals surface area contributed by atoms with Crippen molar-refractivity contribution in [1.29, 1.82) is 0 Å². The molecule has 7 heteroatoms. The molecule has 24 heavy (non-hydrogen) atoms. The van der Waals surface area contributed by atoms with Gasteiger partial charge in [0, 0.05) is 13.1 Å². The van der Waals surface area contributed by atoms with Crippen LogP contribution < -0.4 is 21.1 Å². The summed E-state index contributed by atoms with van der Waals surface area (Å²) in [4.78, 5) is 10.9. The van der Waals surface area contributed by atoms with Gasteiger partial charge < -0.3 is 25.8 Å². The summed E-state index contributed by atoms with van der Waals surface area (Å²) in [5.41, 5.74) is 13.4. The van der Waals surface area contributed by atoms with Gasteiger partial charge in [-0.1, -0.05) is 18.2 Å². The summed E-state index contributed by atoms with van der Waals surface area (Å²) < 4.78 is 10.5. The Morgan fingerprint density at radius 3 is 2.46 bits per heavy atom. The van der Waals surface area contributed by atoms with Gasteiger partial charge in [0.05, 0.1) is 20.3 Å². The molecule has 4 N–H and O–H groups in total. The molecule has 0 spiro atoms. The van der Waals surface area contributed by atoms with Crippen molar-refractivity contribution in [2.45, 2.75) is 0 Å². The molecule has 0 unspecified atom stereocenters. The Morgan fingerprint density at radius 2 is 1.79 bits per heavy atom. The first kappa shape index (κ1) is 16.1. The number of hydrogen-bond donors (Lipinski definition) is 2. The van der Waals surface area contributed by atoms with E-state index in [1.165, 1.54) is 0 Å². The van der Waals surface area contributed by atoms with Gasteiger partial charge >= 0.3 is 0 Å². The molecule has 1 aromatic heterocycles. The number of benzene rings is 1. The number of methoxy groups -OCH3 is 1. The number of nitrogen functional groups attached to an aromatic ring is 2. The molecule has 0 aliphatic carbocycles. The van der Waals surface area contributed by atoms with E-state index in [9.17, 15) is 0 Å². The molecule has 7 nitrogen and oxygen atoms in total. The second kappa shape index (κ2) is 7.18. The fourth-order valence-corrected chi connectivity index (χ4v) is 2.47. The second-order valence-electron chi connectivity index (χ2n) is 5.41. The Kier molecular flexibility index (Phi) is 4.81. The highest BCUT2D eigenvalue weighted by Gasteiger charge is 2.18. The van der Waals surface area contributed by atoms with Crippen LogP contribution >= 0.6 is 0 Å². The minimum atomic E-state index is 0.292. The summed E-state index contributed by atoms with van der Waals surface area (Å²) in [6, 6.07) is 7.71. The highest BCUT2D eigenvalue weighted by molar-refractivity contribution is 5.76. The van der Waals surface area contributed by atoms with E-state index in [2.05, 4.69) is 14.9 Å². The lowest BCUT2D eigenvalue weighted by Crippen LogP contribution is -2.37. The average molecular weight is 327 g/mol. The molecule has 1 saturated heterocycles. The average Bonchev–Trinajstić information content (AvgIpc) is 2.63. The highest BCUT2D eigenvalue weighted by Crippen LogP contribution is 2.26. The van der Waals surface area contributed by atoms with Crippen LogP contribution in [0.15, 0.2) is 24.3 Å². The smallest absolute Gasteiger partial charge is 0.158 e. The lowest BCUT2D eigenvalue weighted by molar-refractivity contribution is 0.122. The molecule has 1 aliphatic rings. The maximum absolute atomic E-state index is 6.05. The SMILES string of the molecule is COc1ccc(C=Cc2nc(N)c(N)c(N3CCOCC3)n2)cc1. The normalized spacial score (nSPS) is 15.0. The number of anilines is 3. The zero-order valence-corrected chi connectivity index (χ0v) is 13.6. The summed E-state index contributed by atoms with van der Waals surface area (Å²) in [7, 11) is 1.64. The summed E-state index contributed by atoms with van der Waals surface area (Å²) >= 11 is 0. The van der Waals surface area contributed by atoms with Crippen molar-refractivity contribution in [1.82, 2.24) is 9.97 Å². The number of nitrogens with two attached hydrogens (primary N) is 2. The fourth-order valence-electron chi connectivity index (χ4n) is 2.47. The molecule has 2 aromatic rings. The van der Waals surface area contributed by atoms with Gasteiger partial charge in [0.25, 0.3) is 0 Å². The van der Waals surface area contributed by atoms with Crippen molar-refractivity contribution in [3.05, 3.63) is 35.7 Å². The van der Waals surface area contributed by atoms with Crippen molar-refractivity contribution >= 4 is 29.5 Å². The van der Waals surface area contributed by atoms with Gasteiger partial charge in [0.1, 0.15) is 11.4 Å². The first-order valence-corrected chi connectivity index (χ1v) is 7.75. The van der Waals surface area contributed by atoms with Gasteiger partial charge in [-0.2, -0.15) is 0 Å². The van der Waals surface area contributed by atoms with Crippen molar-refractivity contribution < 1.29 is 9.47 Å². The molecular weight excluding hydrogens is 306 g/mol. The number of aromatic nitrogens is 2. The molecule has 2 heterocycles. The van der Waals surface area contributed by atoms with E-state index in [-0.39, 0.29) is 0 Å². The molecule has 0 atom stereocenters. The molecule has 0 bridgehead atoms. The van der Waals surface area contributed by atoms with Gasteiger partial charge in [-0.15, -0.1) is 0 Å². The Hall–Kier alpha value is -2.80. The van der Waals surface area contributed by atoms with Crippen LogP contribution in [-0.4, -0.2) is 43.4 Å². The van der Waals surface area contributed by atoms with Gasteiger partial charge in [0.2, 0.25) is 0 Å². The third-order valence-electron chi connectivity index (χ3n) is 3.82. The Labute approximate surface area is 140 Å². The largest absolute Gasteiger partial charge is 0.497 e. The number of ether oxygens (including phenoxy) is 2. The van der Waals surface area contributed by atoms with Crippen LogP contribution in [0, 0.1) is 0 Å². The standard InChI is InChI=1S/C17H21N5O2/c1-23-13-5-2-12(3-6-13)4-7-14-20-16(19)15(18)17(21-14)22-8-10-24-11-9-22/h2-7H,8-11,18H2,1H3,(H2,19,20,21). The highest BCUT2D eigenvalue weighted by atomic mass is 16.5. The van der Waals surface area contributed by atoms with E-state index in [4.69, 9.17) is 20.9 Å². The number of nitrogens with zero attached hydrogens (tertiary/aromatic N) is 3. The van der Waals surface area contributed by atoms with Gasteiger partial charge in [-0.25, -0.2) is 9.97 Å². The maximum Gasteiger partial charge on any atom is 0.158 e. The lowest BCUT2D eigenvalue weighted by Gasteiger charge is -2.29. The van der Waals surface area contributed by atoms with Crippen LogP contribution in [0.1, 0.15) is 11.4 Å². The zero-order chi connectivity index (χ0) is 16.9. The van der Waals surface area contributed by atoms with Crippen LogP contribution in [0.5, 0.6) is 5.75 Å². The monoisotopic (exact) mass is 327 g/mol. The van der Waals surface area contributed by atoms with Crippen molar-refractivity contribution in [2.24, 2.45) is 0 Å². The third kappa shape index (κ3) is 3.57. The number of hydrogen-bond acceptors (Lipinski definition) is 7. The van der Waals surface area contributed by atoms with E-state index < -0.39 is 0 Å². The summed E-state index contributed by atoms with van der Waals surface area (Å²) in [5.74, 6) is 2.30. The number of rotatable bonds is 4. The van der Waals surface area contributed by atoms with Crippen LogP contribution in [0.2, 0.25) is 0 Å². The van der Waals surface area contributed by atoms with Gasteiger partial charge in [0.15, 0.2) is 17.5 Å². The predicted molar refractivity (Wildman–Crippen MR) is 95.8 cm³/mol. The molecule has 0 radical (unpaired) electrons. The Morgan fingerprint density at radius 1 is 1.08 bits per heavy atom. The first-order chi connectivity index (χ1) is 11.7. The van der Waals surface area contributed by atoms with Crippen LogP contribution in [-0.2, 0) is 4.74 Å². The maximum atomic E-state index is 6.05. The summed E-state index contributed by atoms with van der Waals surface area (Å²) in [5, 5.41) is 0. The van der Waals surface area contributed by atoms with E-state index in [0.29, 0.717) is 36.4 Å². The molecule has 0 saturated carbocycles. The molecular formula is C17H21N5O2. The van der Waals surface area contributed by atoms with Crippen LogP contribution in [0.25, 0.3) is 12.2 Å². The van der Waals surface area contributed by atoms with Crippen molar-refractivity contribution in [3.63, 3.8) is 0 Å². The lowest BCUT2D eigenvalue weighted by atomic mass is 10.2. The Balaban J connectivity index is 1.84. The molecule has 0 amide bonds. The van der Waals surface area contributed by atoms with E-state index in [1.807, 2.05) is 36.4 Å². The van der Waals surface area contributed by atoms with Gasteiger partial charge in [-0.05, 0) is 23.8 Å². The predicted octanol–water partition coefficient (Wildman–Crippen LogP) is 1.66. The number of morpholine rings is 1. The van der Waals surface area contributed by atoms with E-state index >= 15 is 0 Å².